The molecule has 0 radical (unpaired) electrons. The second kappa shape index (κ2) is 9.69. The van der Waals surface area contributed by atoms with Crippen molar-refractivity contribution >= 4 is 33.1 Å². The van der Waals surface area contributed by atoms with Crippen LogP contribution in [0.15, 0.2) is 72.8 Å². The Morgan fingerprint density at radius 3 is 2.19 bits per heavy atom. The van der Waals surface area contributed by atoms with Crippen molar-refractivity contribution in [3.63, 3.8) is 0 Å². The van der Waals surface area contributed by atoms with Crippen molar-refractivity contribution in [1.29, 1.82) is 0 Å². The molecule has 0 aromatic heterocycles. The van der Waals surface area contributed by atoms with Crippen molar-refractivity contribution < 1.29 is 31.5 Å². The van der Waals surface area contributed by atoms with Gasteiger partial charge in [-0.1, -0.05) is 66.7 Å². The molecule has 4 aromatic rings. The van der Waals surface area contributed by atoms with Crippen LogP contribution in [0.5, 0.6) is 0 Å². The largest absolute Gasteiger partial charge is 0.389 e. The summed E-state index contributed by atoms with van der Waals surface area (Å²) < 4.78 is 68.2. The maximum Gasteiger partial charge on any atom is 0.389 e. The second-order valence-corrected chi connectivity index (χ2v) is 9.49. The lowest BCUT2D eigenvalue weighted by Crippen LogP contribution is -2.36. The Morgan fingerprint density at radius 1 is 0.784 bits per heavy atom. The van der Waals surface area contributed by atoms with Gasteiger partial charge in [-0.05, 0) is 52.6 Å². The number of aryl methyl sites for hydroxylation is 1. The number of Topliss-reactive ketones (excluding diaryl/α,β-unsaturated/α-hetero) is 2. The van der Waals surface area contributed by atoms with E-state index in [4.69, 9.17) is 0 Å². The van der Waals surface area contributed by atoms with E-state index in [2.05, 4.69) is 0 Å². The Morgan fingerprint density at radius 2 is 1.49 bits per heavy atom. The fraction of sp³-hybridized carbons (Fsp3) is 0.267. The number of hydrogen-bond donors (Lipinski definition) is 0. The highest BCUT2D eigenvalue weighted by Gasteiger charge is 2.43. The molecular formula is C30H23F5O2. The van der Waals surface area contributed by atoms with Gasteiger partial charge >= 0.3 is 6.18 Å². The van der Waals surface area contributed by atoms with E-state index in [9.17, 15) is 31.5 Å². The highest BCUT2D eigenvalue weighted by atomic mass is 19.4. The summed E-state index contributed by atoms with van der Waals surface area (Å²) in [7, 11) is 0. The van der Waals surface area contributed by atoms with Gasteiger partial charge in [0.1, 0.15) is 0 Å². The third-order valence-corrected chi connectivity index (χ3v) is 7.23. The van der Waals surface area contributed by atoms with Gasteiger partial charge in [0, 0.05) is 28.9 Å². The molecule has 0 spiro atoms. The first-order valence-electron chi connectivity index (χ1n) is 12.1. The van der Waals surface area contributed by atoms with Crippen molar-refractivity contribution in [2.75, 3.05) is 0 Å². The van der Waals surface area contributed by atoms with Gasteiger partial charge in [0.2, 0.25) is 0 Å². The summed E-state index contributed by atoms with van der Waals surface area (Å²) in [6, 6.07) is 20.4. The van der Waals surface area contributed by atoms with Crippen LogP contribution in [0.4, 0.5) is 22.0 Å². The third-order valence-electron chi connectivity index (χ3n) is 7.23. The number of hydrogen-bond acceptors (Lipinski definition) is 2. The molecule has 4 aromatic carbocycles. The van der Waals surface area contributed by atoms with Crippen LogP contribution < -0.4 is 0 Å². The summed E-state index contributed by atoms with van der Waals surface area (Å²) in [6.45, 7) is 0. The predicted octanol–water partition coefficient (Wildman–Crippen LogP) is 8.37. The van der Waals surface area contributed by atoms with Crippen LogP contribution in [0.3, 0.4) is 0 Å². The van der Waals surface area contributed by atoms with E-state index in [1.165, 1.54) is 12.1 Å². The Labute approximate surface area is 210 Å². The number of benzene rings is 4. The number of carbonyl (C=O) groups is 2. The number of halogens is 5. The maximum atomic E-state index is 14.3. The van der Waals surface area contributed by atoms with Crippen LogP contribution in [0, 0.1) is 5.92 Å². The average molecular weight is 511 g/mol. The molecule has 1 aliphatic carbocycles. The van der Waals surface area contributed by atoms with Crippen molar-refractivity contribution in [2.24, 2.45) is 5.92 Å². The van der Waals surface area contributed by atoms with Gasteiger partial charge in [0.15, 0.2) is 11.6 Å². The molecule has 0 N–H and O–H groups in total. The predicted molar refractivity (Wildman–Crippen MR) is 132 cm³/mol. The summed E-state index contributed by atoms with van der Waals surface area (Å²) in [5, 5.41) is 1.68. The van der Waals surface area contributed by atoms with Gasteiger partial charge in [-0.25, -0.2) is 8.78 Å². The lowest BCUT2D eigenvalue weighted by molar-refractivity contribution is -0.139. The molecular weight excluding hydrogens is 487 g/mol. The molecule has 0 saturated heterocycles. The molecule has 7 heteroatoms. The normalized spacial score (nSPS) is 18.1. The minimum atomic E-state index is -4.50. The van der Waals surface area contributed by atoms with Crippen molar-refractivity contribution in [1.82, 2.24) is 0 Å². The van der Waals surface area contributed by atoms with Crippen molar-refractivity contribution in [3.05, 3.63) is 95.1 Å². The minimum Gasteiger partial charge on any atom is -0.298 e. The van der Waals surface area contributed by atoms with Gasteiger partial charge in [0.25, 0.3) is 6.43 Å². The van der Waals surface area contributed by atoms with Crippen LogP contribution in [0.1, 0.15) is 58.7 Å². The number of rotatable bonds is 6. The first-order chi connectivity index (χ1) is 17.7. The summed E-state index contributed by atoms with van der Waals surface area (Å²) in [6.07, 6.45) is -8.70. The van der Waals surface area contributed by atoms with E-state index in [-0.39, 0.29) is 28.5 Å². The highest BCUT2D eigenvalue weighted by Crippen LogP contribution is 2.45. The molecule has 190 valence electrons. The van der Waals surface area contributed by atoms with E-state index in [1.807, 2.05) is 30.3 Å². The molecule has 0 fully saturated rings. The van der Waals surface area contributed by atoms with Gasteiger partial charge in [-0.2, -0.15) is 13.2 Å². The first kappa shape index (κ1) is 25.1. The molecule has 2 atom stereocenters. The summed E-state index contributed by atoms with van der Waals surface area (Å²) in [5.41, 5.74) is 0.589. The summed E-state index contributed by atoms with van der Waals surface area (Å²) >= 11 is 0. The Bertz CT molecular complexity index is 1490. The Balaban J connectivity index is 1.71. The average Bonchev–Trinajstić information content (AvgIpc) is 2.87. The van der Waals surface area contributed by atoms with E-state index >= 15 is 0 Å². The molecule has 37 heavy (non-hydrogen) atoms. The molecule has 0 heterocycles. The topological polar surface area (TPSA) is 34.1 Å². The Kier molecular flexibility index (Phi) is 6.56. The summed E-state index contributed by atoms with van der Waals surface area (Å²) in [5.74, 6) is -3.57. The number of ketones is 2. The van der Waals surface area contributed by atoms with Crippen LogP contribution >= 0.6 is 0 Å². The lowest BCUT2D eigenvalue weighted by Gasteiger charge is -2.31. The monoisotopic (exact) mass is 510 g/mol. The quantitative estimate of drug-likeness (QED) is 0.148. The second-order valence-electron chi connectivity index (χ2n) is 9.49. The SMILES string of the molecule is O=C1c2c(ccc3c2c(C(F)F)cc2ccccc23)C(CCC(F)(F)F)C(=O)C1CCc1ccccc1. The fourth-order valence-electron chi connectivity index (χ4n) is 5.51. The molecule has 1 aliphatic rings. The zero-order valence-electron chi connectivity index (χ0n) is 19.7. The van der Waals surface area contributed by atoms with Crippen molar-refractivity contribution in [2.45, 2.75) is 44.2 Å². The van der Waals surface area contributed by atoms with E-state index in [0.29, 0.717) is 22.6 Å². The van der Waals surface area contributed by atoms with Crippen molar-refractivity contribution in [3.8, 4) is 0 Å². The summed E-state index contributed by atoms with van der Waals surface area (Å²) in [4.78, 5) is 27.3. The van der Waals surface area contributed by atoms with E-state index in [0.717, 1.165) is 5.56 Å². The zero-order chi connectivity index (χ0) is 26.3. The van der Waals surface area contributed by atoms with Gasteiger partial charge in [-0.15, -0.1) is 0 Å². The van der Waals surface area contributed by atoms with Gasteiger partial charge < -0.3 is 0 Å². The molecule has 0 aliphatic heterocycles. The fourth-order valence-corrected chi connectivity index (χ4v) is 5.51. The maximum absolute atomic E-state index is 14.3. The van der Waals surface area contributed by atoms with Gasteiger partial charge in [-0.3, -0.25) is 9.59 Å². The molecule has 2 nitrogen and oxygen atoms in total. The molecule has 0 amide bonds. The molecule has 0 saturated carbocycles. The number of fused-ring (bicyclic) bond motifs is 5. The minimum absolute atomic E-state index is 0.0328. The number of alkyl halides is 5. The first-order valence-corrected chi connectivity index (χ1v) is 12.1. The highest BCUT2D eigenvalue weighted by molar-refractivity contribution is 6.25. The van der Waals surface area contributed by atoms with Gasteiger partial charge in [0.05, 0.1) is 5.92 Å². The van der Waals surface area contributed by atoms with Crippen LogP contribution in [0.2, 0.25) is 0 Å². The molecule has 5 rings (SSSR count). The Hall–Kier alpha value is -3.61. The zero-order valence-corrected chi connectivity index (χ0v) is 19.7. The lowest BCUT2D eigenvalue weighted by atomic mass is 9.69. The number of carbonyl (C=O) groups excluding carboxylic acids is 2. The van der Waals surface area contributed by atoms with Crippen LogP contribution in [-0.2, 0) is 11.2 Å². The molecule has 2 unspecified atom stereocenters. The van der Waals surface area contributed by atoms with E-state index in [1.54, 1.807) is 30.3 Å². The van der Waals surface area contributed by atoms with E-state index < -0.39 is 48.8 Å². The molecule has 0 bridgehead atoms. The standard InChI is InChI=1S/C30H23F5O2/c31-29(32)24-16-18-8-4-5-9-19(18)20-12-13-21-22(14-15-30(33,34)35)27(36)23(28(37)26(21)25(20)24)11-10-17-6-2-1-3-7-17/h1-9,12-13,16,22-23,29H,10-11,14-15H2. The van der Waals surface area contributed by atoms with Crippen LogP contribution in [0.25, 0.3) is 21.5 Å². The smallest absolute Gasteiger partial charge is 0.298 e. The van der Waals surface area contributed by atoms with Crippen LogP contribution in [-0.4, -0.2) is 17.7 Å². The third kappa shape index (κ3) is 4.75.